The normalized spacial score (nSPS) is 14.4. The van der Waals surface area contributed by atoms with Gasteiger partial charge in [0.25, 0.3) is 0 Å². The lowest BCUT2D eigenvalue weighted by molar-refractivity contribution is 0.316. The SMILES string of the molecule is CCC(C/C(N)=N/O)Sc1ccc(C(C)(C)C)cc1. The second kappa shape index (κ2) is 6.85. The number of oxime groups is 1. The van der Waals surface area contributed by atoms with Crippen LogP contribution >= 0.6 is 11.8 Å². The Morgan fingerprint density at radius 1 is 1.32 bits per heavy atom. The first-order valence-electron chi connectivity index (χ1n) is 6.60. The van der Waals surface area contributed by atoms with Gasteiger partial charge in [-0.15, -0.1) is 11.8 Å². The maximum absolute atomic E-state index is 8.62. The van der Waals surface area contributed by atoms with Gasteiger partial charge in [-0.05, 0) is 29.5 Å². The topological polar surface area (TPSA) is 58.6 Å². The lowest BCUT2D eigenvalue weighted by Crippen LogP contribution is -2.18. The molecule has 3 nitrogen and oxygen atoms in total. The van der Waals surface area contributed by atoms with Gasteiger partial charge in [-0.3, -0.25) is 0 Å². The maximum atomic E-state index is 8.62. The Balaban J connectivity index is 2.71. The van der Waals surface area contributed by atoms with E-state index >= 15 is 0 Å². The van der Waals surface area contributed by atoms with Gasteiger partial charge < -0.3 is 10.9 Å². The van der Waals surface area contributed by atoms with Crippen molar-refractivity contribution in [2.24, 2.45) is 10.9 Å². The van der Waals surface area contributed by atoms with E-state index in [9.17, 15) is 0 Å². The lowest BCUT2D eigenvalue weighted by atomic mass is 9.87. The van der Waals surface area contributed by atoms with Gasteiger partial charge in [0.15, 0.2) is 0 Å². The van der Waals surface area contributed by atoms with E-state index < -0.39 is 0 Å². The van der Waals surface area contributed by atoms with E-state index in [1.807, 2.05) is 0 Å². The molecule has 0 aromatic heterocycles. The first-order valence-corrected chi connectivity index (χ1v) is 7.48. The summed E-state index contributed by atoms with van der Waals surface area (Å²) in [7, 11) is 0. The number of benzene rings is 1. The third-order valence-corrected chi connectivity index (χ3v) is 4.42. The first kappa shape index (κ1) is 15.9. The summed E-state index contributed by atoms with van der Waals surface area (Å²) in [5.41, 5.74) is 7.09. The monoisotopic (exact) mass is 280 g/mol. The van der Waals surface area contributed by atoms with Crippen LogP contribution in [0, 0.1) is 0 Å². The molecule has 1 aromatic carbocycles. The van der Waals surface area contributed by atoms with Crippen molar-refractivity contribution in [2.45, 2.75) is 56.1 Å². The Bertz CT molecular complexity index is 421. The molecule has 1 rings (SSSR count). The van der Waals surface area contributed by atoms with Gasteiger partial charge in [0.05, 0.1) is 0 Å². The molecule has 0 radical (unpaired) electrons. The standard InChI is InChI=1S/C15H24N2OS/c1-5-12(10-14(16)17-18)19-13-8-6-11(7-9-13)15(2,3)4/h6-9,12,18H,5,10H2,1-4H3,(H2,16,17). The summed E-state index contributed by atoms with van der Waals surface area (Å²) < 4.78 is 0. The fourth-order valence-electron chi connectivity index (χ4n) is 1.77. The Hall–Kier alpha value is -1.16. The third-order valence-electron chi connectivity index (χ3n) is 3.04. The maximum Gasteiger partial charge on any atom is 0.140 e. The van der Waals surface area contributed by atoms with Gasteiger partial charge in [0, 0.05) is 16.6 Å². The molecule has 4 heteroatoms. The highest BCUT2D eigenvalue weighted by molar-refractivity contribution is 8.00. The molecular weight excluding hydrogens is 256 g/mol. The summed E-state index contributed by atoms with van der Waals surface area (Å²) in [5, 5.41) is 12.0. The molecular formula is C15H24N2OS. The quantitative estimate of drug-likeness (QED) is 0.282. The van der Waals surface area contributed by atoms with Crippen LogP contribution in [-0.4, -0.2) is 16.3 Å². The molecule has 0 amide bonds. The number of hydrogen-bond donors (Lipinski definition) is 2. The molecule has 3 N–H and O–H groups in total. The molecule has 0 aliphatic rings. The molecule has 0 heterocycles. The predicted octanol–water partition coefficient (Wildman–Crippen LogP) is 3.99. The fraction of sp³-hybridized carbons (Fsp3) is 0.533. The largest absolute Gasteiger partial charge is 0.409 e. The molecule has 0 aliphatic carbocycles. The molecule has 1 atom stereocenters. The number of nitrogens with two attached hydrogens (primary N) is 1. The summed E-state index contributed by atoms with van der Waals surface area (Å²) in [6.07, 6.45) is 1.60. The molecule has 0 spiro atoms. The molecule has 19 heavy (non-hydrogen) atoms. The van der Waals surface area contributed by atoms with Gasteiger partial charge in [0.1, 0.15) is 5.84 Å². The van der Waals surface area contributed by atoms with Crippen molar-refractivity contribution in [3.63, 3.8) is 0 Å². The number of hydrogen-bond acceptors (Lipinski definition) is 3. The molecule has 1 aromatic rings. The summed E-state index contributed by atoms with van der Waals surface area (Å²) in [5.74, 6) is 0.297. The number of nitrogens with zero attached hydrogens (tertiary/aromatic N) is 1. The molecule has 0 bridgehead atoms. The summed E-state index contributed by atoms with van der Waals surface area (Å²) in [6.45, 7) is 8.75. The second-order valence-electron chi connectivity index (χ2n) is 5.72. The predicted molar refractivity (Wildman–Crippen MR) is 83.1 cm³/mol. The highest BCUT2D eigenvalue weighted by atomic mass is 32.2. The Labute approximate surface area is 120 Å². The van der Waals surface area contributed by atoms with E-state index in [0.717, 1.165) is 6.42 Å². The van der Waals surface area contributed by atoms with Crippen LogP contribution in [0.25, 0.3) is 0 Å². The van der Waals surface area contributed by atoms with Gasteiger partial charge in [-0.1, -0.05) is 45.0 Å². The minimum Gasteiger partial charge on any atom is -0.409 e. The fourth-order valence-corrected chi connectivity index (χ4v) is 2.87. The van der Waals surface area contributed by atoms with Crippen LogP contribution in [0.2, 0.25) is 0 Å². The molecule has 1 unspecified atom stereocenters. The minimum absolute atomic E-state index is 0.182. The Kier molecular flexibility index (Phi) is 5.73. The van der Waals surface area contributed by atoms with Crippen molar-refractivity contribution in [2.75, 3.05) is 0 Å². The van der Waals surface area contributed by atoms with E-state index in [-0.39, 0.29) is 5.41 Å². The van der Waals surface area contributed by atoms with Crippen molar-refractivity contribution in [1.82, 2.24) is 0 Å². The van der Waals surface area contributed by atoms with E-state index in [4.69, 9.17) is 10.9 Å². The average molecular weight is 280 g/mol. The van der Waals surface area contributed by atoms with Gasteiger partial charge in [-0.25, -0.2) is 0 Å². The summed E-state index contributed by atoms with van der Waals surface area (Å²) >= 11 is 1.78. The molecule has 0 aliphatic heterocycles. The van der Waals surface area contributed by atoms with Gasteiger partial charge in [0.2, 0.25) is 0 Å². The van der Waals surface area contributed by atoms with Crippen LogP contribution in [0.15, 0.2) is 34.3 Å². The van der Waals surface area contributed by atoms with Crippen LogP contribution in [0.4, 0.5) is 0 Å². The van der Waals surface area contributed by atoms with E-state index in [1.54, 1.807) is 11.8 Å². The van der Waals surface area contributed by atoms with Gasteiger partial charge >= 0.3 is 0 Å². The van der Waals surface area contributed by atoms with Crippen molar-refractivity contribution in [1.29, 1.82) is 0 Å². The van der Waals surface area contributed by atoms with E-state index in [1.165, 1.54) is 10.5 Å². The Morgan fingerprint density at radius 3 is 2.32 bits per heavy atom. The molecule has 106 valence electrons. The molecule has 0 fully saturated rings. The number of thioether (sulfide) groups is 1. The third kappa shape index (κ3) is 5.15. The van der Waals surface area contributed by atoms with Crippen LogP contribution in [0.1, 0.15) is 46.1 Å². The number of amidine groups is 1. The zero-order chi connectivity index (χ0) is 14.5. The van der Waals surface area contributed by atoms with Crippen molar-refractivity contribution in [3.05, 3.63) is 29.8 Å². The molecule has 0 saturated carbocycles. The number of rotatable bonds is 5. The Morgan fingerprint density at radius 2 is 1.89 bits per heavy atom. The summed E-state index contributed by atoms with van der Waals surface area (Å²) in [4.78, 5) is 1.23. The van der Waals surface area contributed by atoms with E-state index in [2.05, 4.69) is 57.1 Å². The first-order chi connectivity index (χ1) is 8.86. The van der Waals surface area contributed by atoms with Crippen molar-refractivity contribution < 1.29 is 5.21 Å². The minimum atomic E-state index is 0.182. The lowest BCUT2D eigenvalue weighted by Gasteiger charge is -2.20. The highest BCUT2D eigenvalue weighted by Gasteiger charge is 2.14. The average Bonchev–Trinajstić information content (AvgIpc) is 2.37. The van der Waals surface area contributed by atoms with Gasteiger partial charge in [-0.2, -0.15) is 0 Å². The van der Waals surface area contributed by atoms with E-state index in [0.29, 0.717) is 17.5 Å². The van der Waals surface area contributed by atoms with Crippen LogP contribution in [0.5, 0.6) is 0 Å². The van der Waals surface area contributed by atoms with Crippen molar-refractivity contribution >= 4 is 17.6 Å². The summed E-state index contributed by atoms with van der Waals surface area (Å²) in [6, 6.07) is 8.66. The van der Waals surface area contributed by atoms with Crippen LogP contribution < -0.4 is 5.73 Å². The van der Waals surface area contributed by atoms with Crippen molar-refractivity contribution in [3.8, 4) is 0 Å². The zero-order valence-corrected chi connectivity index (χ0v) is 13.0. The van der Waals surface area contributed by atoms with Crippen LogP contribution in [0.3, 0.4) is 0 Å². The highest BCUT2D eigenvalue weighted by Crippen LogP contribution is 2.30. The van der Waals surface area contributed by atoms with Crippen LogP contribution in [-0.2, 0) is 5.41 Å². The molecule has 0 saturated heterocycles. The second-order valence-corrected chi connectivity index (χ2v) is 7.09. The zero-order valence-electron chi connectivity index (χ0n) is 12.2. The smallest absolute Gasteiger partial charge is 0.140 e.